The fraction of sp³-hybridized carbons (Fsp3) is 0.667. The maximum atomic E-state index is 10.6. The lowest BCUT2D eigenvalue weighted by molar-refractivity contribution is 0.0910. The summed E-state index contributed by atoms with van der Waals surface area (Å²) in [5, 5.41) is 10.6. The van der Waals surface area contributed by atoms with E-state index in [2.05, 4.69) is 32.0 Å². The van der Waals surface area contributed by atoms with Crippen LogP contribution in [0.2, 0.25) is 0 Å². The van der Waals surface area contributed by atoms with Gasteiger partial charge in [0.05, 0.1) is 6.10 Å². The highest BCUT2D eigenvalue weighted by Crippen LogP contribution is 2.27. The highest BCUT2D eigenvalue weighted by Gasteiger charge is 2.21. The summed E-state index contributed by atoms with van der Waals surface area (Å²) >= 11 is 0. The maximum Gasteiger partial charge on any atom is 0.0608 e. The van der Waals surface area contributed by atoms with E-state index in [4.69, 9.17) is 0 Å². The summed E-state index contributed by atoms with van der Waals surface area (Å²) in [6.45, 7) is 4.32. The van der Waals surface area contributed by atoms with Gasteiger partial charge in [0.1, 0.15) is 0 Å². The molecule has 1 aliphatic rings. The lowest BCUT2D eigenvalue weighted by Gasteiger charge is -2.26. The average molecular weight is 260 g/mol. The van der Waals surface area contributed by atoms with E-state index < -0.39 is 0 Å². The Morgan fingerprint density at radius 1 is 1.00 bits per heavy atom. The molecule has 0 aliphatic heterocycles. The molecule has 19 heavy (non-hydrogen) atoms. The molecule has 1 heteroatoms. The SMILES string of the molecule is Cc1cccc(C)c1CC(O)C1CCCCCCC1. The predicted molar refractivity (Wildman–Crippen MR) is 81.4 cm³/mol. The van der Waals surface area contributed by atoms with Crippen LogP contribution in [0.25, 0.3) is 0 Å². The highest BCUT2D eigenvalue weighted by atomic mass is 16.3. The molecule has 1 unspecified atom stereocenters. The van der Waals surface area contributed by atoms with Gasteiger partial charge < -0.3 is 5.11 Å². The van der Waals surface area contributed by atoms with Crippen LogP contribution in [0, 0.1) is 19.8 Å². The van der Waals surface area contributed by atoms with Gasteiger partial charge in [-0.3, -0.25) is 0 Å². The third kappa shape index (κ3) is 4.07. The Hall–Kier alpha value is -0.820. The number of aliphatic hydroxyl groups is 1. The molecule has 106 valence electrons. The second-order valence-corrected chi connectivity index (χ2v) is 6.25. The molecule has 1 aromatic rings. The van der Waals surface area contributed by atoms with E-state index in [1.165, 1.54) is 61.6 Å². The van der Waals surface area contributed by atoms with Crippen molar-refractivity contribution in [3.05, 3.63) is 34.9 Å². The number of hydrogen-bond acceptors (Lipinski definition) is 1. The first-order chi connectivity index (χ1) is 9.18. The van der Waals surface area contributed by atoms with Gasteiger partial charge in [0.15, 0.2) is 0 Å². The lowest BCUT2D eigenvalue weighted by Crippen LogP contribution is -2.24. The second-order valence-electron chi connectivity index (χ2n) is 6.25. The third-order valence-electron chi connectivity index (χ3n) is 4.75. The first-order valence-corrected chi connectivity index (χ1v) is 7.91. The van der Waals surface area contributed by atoms with E-state index in [9.17, 15) is 5.11 Å². The molecule has 0 radical (unpaired) electrons. The van der Waals surface area contributed by atoms with Crippen molar-refractivity contribution in [2.24, 2.45) is 5.92 Å². The Kier molecular flexibility index (Phi) is 5.45. The fourth-order valence-corrected chi connectivity index (χ4v) is 3.42. The molecular formula is C18H28O. The van der Waals surface area contributed by atoms with Gasteiger partial charge in [-0.15, -0.1) is 0 Å². The molecule has 0 aromatic heterocycles. The zero-order chi connectivity index (χ0) is 13.7. The topological polar surface area (TPSA) is 20.2 Å². The van der Waals surface area contributed by atoms with Gasteiger partial charge in [-0.2, -0.15) is 0 Å². The summed E-state index contributed by atoms with van der Waals surface area (Å²) < 4.78 is 0. The van der Waals surface area contributed by atoms with E-state index in [-0.39, 0.29) is 6.10 Å². The van der Waals surface area contributed by atoms with Crippen LogP contribution < -0.4 is 0 Å². The summed E-state index contributed by atoms with van der Waals surface area (Å²) in [6, 6.07) is 6.43. The van der Waals surface area contributed by atoms with Gasteiger partial charge >= 0.3 is 0 Å². The minimum atomic E-state index is -0.155. The molecule has 1 atom stereocenters. The summed E-state index contributed by atoms with van der Waals surface area (Å²) in [7, 11) is 0. The normalized spacial score (nSPS) is 19.7. The molecule has 1 nitrogen and oxygen atoms in total. The van der Waals surface area contributed by atoms with Gasteiger partial charge in [0.25, 0.3) is 0 Å². The van der Waals surface area contributed by atoms with Crippen LogP contribution in [0.4, 0.5) is 0 Å². The van der Waals surface area contributed by atoms with Crippen LogP contribution in [-0.2, 0) is 6.42 Å². The van der Waals surface area contributed by atoms with Crippen molar-refractivity contribution in [2.45, 2.75) is 71.3 Å². The van der Waals surface area contributed by atoms with E-state index in [0.717, 1.165) is 6.42 Å². The molecule has 0 heterocycles. The van der Waals surface area contributed by atoms with E-state index in [1.54, 1.807) is 0 Å². The van der Waals surface area contributed by atoms with Crippen molar-refractivity contribution in [2.75, 3.05) is 0 Å². The molecule has 1 aromatic carbocycles. The predicted octanol–water partition coefficient (Wildman–Crippen LogP) is 4.57. The standard InChI is InChI=1S/C18H28O/c1-14-9-8-10-15(2)17(14)13-18(19)16-11-6-4-3-5-7-12-16/h8-10,16,18-19H,3-7,11-13H2,1-2H3. The fourth-order valence-electron chi connectivity index (χ4n) is 3.42. The second kappa shape index (κ2) is 7.09. The smallest absolute Gasteiger partial charge is 0.0608 e. The third-order valence-corrected chi connectivity index (χ3v) is 4.75. The van der Waals surface area contributed by atoms with Crippen LogP contribution in [0.5, 0.6) is 0 Å². The van der Waals surface area contributed by atoms with Crippen LogP contribution in [0.3, 0.4) is 0 Å². The van der Waals surface area contributed by atoms with Crippen LogP contribution in [-0.4, -0.2) is 11.2 Å². The monoisotopic (exact) mass is 260 g/mol. The first kappa shape index (κ1) is 14.6. The quantitative estimate of drug-likeness (QED) is 0.844. The zero-order valence-electron chi connectivity index (χ0n) is 12.5. The summed E-state index contributed by atoms with van der Waals surface area (Å²) in [6.07, 6.45) is 9.81. The van der Waals surface area contributed by atoms with Crippen molar-refractivity contribution in [1.82, 2.24) is 0 Å². The maximum absolute atomic E-state index is 10.6. The number of aliphatic hydroxyl groups excluding tert-OH is 1. The van der Waals surface area contributed by atoms with Gasteiger partial charge in [-0.1, -0.05) is 50.3 Å². The van der Waals surface area contributed by atoms with Gasteiger partial charge in [0.2, 0.25) is 0 Å². The molecule has 0 amide bonds. The average Bonchev–Trinajstić information content (AvgIpc) is 2.33. The Bertz CT molecular complexity index is 368. The van der Waals surface area contributed by atoms with E-state index in [0.29, 0.717) is 5.92 Å². The van der Waals surface area contributed by atoms with Crippen LogP contribution in [0.1, 0.15) is 61.6 Å². The molecule has 2 rings (SSSR count). The molecule has 0 saturated heterocycles. The minimum absolute atomic E-state index is 0.155. The Morgan fingerprint density at radius 3 is 2.11 bits per heavy atom. The summed E-state index contributed by atoms with van der Waals surface area (Å²) in [5.41, 5.74) is 4.01. The molecule has 1 aliphatic carbocycles. The molecule has 1 saturated carbocycles. The molecular weight excluding hydrogens is 232 g/mol. The zero-order valence-corrected chi connectivity index (χ0v) is 12.5. The Labute approximate surface area is 118 Å². The highest BCUT2D eigenvalue weighted by molar-refractivity contribution is 5.34. The van der Waals surface area contributed by atoms with Gasteiger partial charge in [-0.25, -0.2) is 0 Å². The van der Waals surface area contributed by atoms with Crippen LogP contribution >= 0.6 is 0 Å². The van der Waals surface area contributed by atoms with Crippen molar-refractivity contribution >= 4 is 0 Å². The number of benzene rings is 1. The minimum Gasteiger partial charge on any atom is -0.392 e. The molecule has 1 fully saturated rings. The largest absolute Gasteiger partial charge is 0.392 e. The number of aryl methyl sites for hydroxylation is 2. The Balaban J connectivity index is 2.00. The molecule has 1 N–H and O–H groups in total. The van der Waals surface area contributed by atoms with Crippen LogP contribution in [0.15, 0.2) is 18.2 Å². The van der Waals surface area contributed by atoms with Gasteiger partial charge in [-0.05, 0) is 55.7 Å². The van der Waals surface area contributed by atoms with Gasteiger partial charge in [0, 0.05) is 0 Å². The Morgan fingerprint density at radius 2 is 1.53 bits per heavy atom. The summed E-state index contributed by atoms with van der Waals surface area (Å²) in [4.78, 5) is 0. The molecule has 0 bridgehead atoms. The lowest BCUT2D eigenvalue weighted by atomic mass is 9.84. The summed E-state index contributed by atoms with van der Waals surface area (Å²) in [5.74, 6) is 0.513. The van der Waals surface area contributed by atoms with Crippen molar-refractivity contribution in [3.63, 3.8) is 0 Å². The van der Waals surface area contributed by atoms with Crippen molar-refractivity contribution in [1.29, 1.82) is 0 Å². The molecule has 0 spiro atoms. The number of hydrogen-bond donors (Lipinski definition) is 1. The van der Waals surface area contributed by atoms with Crippen molar-refractivity contribution < 1.29 is 5.11 Å². The number of rotatable bonds is 3. The first-order valence-electron chi connectivity index (χ1n) is 7.91. The van der Waals surface area contributed by atoms with E-state index in [1.807, 2.05) is 0 Å². The van der Waals surface area contributed by atoms with E-state index >= 15 is 0 Å². The van der Waals surface area contributed by atoms with Crippen molar-refractivity contribution in [3.8, 4) is 0 Å².